The molecule has 2 aromatic rings. The van der Waals surface area contributed by atoms with Crippen LogP contribution in [0, 0.1) is 0 Å². The zero-order valence-corrected chi connectivity index (χ0v) is 11.7. The summed E-state index contributed by atoms with van der Waals surface area (Å²) >= 11 is 3.21. The molecule has 0 bridgehead atoms. The Hall–Kier alpha value is -1.33. The summed E-state index contributed by atoms with van der Waals surface area (Å²) in [6.45, 7) is 1.83. The molecule has 1 aromatic carbocycles. The van der Waals surface area contributed by atoms with Gasteiger partial charge in [-0.3, -0.25) is 4.79 Å². The topological polar surface area (TPSA) is 42.0 Å². The van der Waals surface area contributed by atoms with Crippen molar-refractivity contribution in [3.8, 4) is 0 Å². The normalized spacial score (nSPS) is 10.3. The minimum absolute atomic E-state index is 0.00612. The van der Waals surface area contributed by atoms with Crippen LogP contribution in [-0.2, 0) is 10.5 Å². The fourth-order valence-corrected chi connectivity index (χ4v) is 2.96. The zero-order valence-electron chi connectivity index (χ0n) is 10.1. The number of carbonyl (C=O) groups excluding carboxylic acids is 1. The van der Waals surface area contributed by atoms with Gasteiger partial charge in [0.1, 0.15) is 0 Å². The standard InChI is InChI=1S/C13H14N2OS2/c1-2-12(16)15-13-14-10(9-18-13)8-17-11-6-4-3-5-7-11/h3-7,9H,2,8H2,1H3,(H,14,15,16). The lowest BCUT2D eigenvalue weighted by molar-refractivity contribution is -0.115. The molecule has 1 heterocycles. The van der Waals surface area contributed by atoms with Gasteiger partial charge in [-0.05, 0) is 12.1 Å². The lowest BCUT2D eigenvalue weighted by Gasteiger charge is -1.98. The number of benzene rings is 1. The number of nitrogens with zero attached hydrogens (tertiary/aromatic N) is 1. The molecule has 1 amide bonds. The van der Waals surface area contributed by atoms with Gasteiger partial charge in [-0.2, -0.15) is 0 Å². The third-order valence-corrected chi connectivity index (χ3v) is 4.10. The van der Waals surface area contributed by atoms with E-state index in [0.717, 1.165) is 11.4 Å². The molecular weight excluding hydrogens is 264 g/mol. The van der Waals surface area contributed by atoms with Crippen LogP contribution in [0.4, 0.5) is 5.13 Å². The molecular formula is C13H14N2OS2. The Balaban J connectivity index is 1.89. The number of thioether (sulfide) groups is 1. The van der Waals surface area contributed by atoms with E-state index in [1.54, 1.807) is 11.8 Å². The lowest BCUT2D eigenvalue weighted by atomic mass is 10.4. The third-order valence-electron chi connectivity index (χ3n) is 2.25. The van der Waals surface area contributed by atoms with Crippen molar-refractivity contribution in [2.75, 3.05) is 5.32 Å². The van der Waals surface area contributed by atoms with E-state index in [-0.39, 0.29) is 5.91 Å². The molecule has 0 unspecified atom stereocenters. The highest BCUT2D eigenvalue weighted by molar-refractivity contribution is 7.98. The van der Waals surface area contributed by atoms with Crippen LogP contribution in [0.15, 0.2) is 40.6 Å². The largest absolute Gasteiger partial charge is 0.302 e. The summed E-state index contributed by atoms with van der Waals surface area (Å²) in [5.74, 6) is 0.828. The third kappa shape index (κ3) is 3.85. The summed E-state index contributed by atoms with van der Waals surface area (Å²) < 4.78 is 0. The van der Waals surface area contributed by atoms with E-state index in [4.69, 9.17) is 0 Å². The van der Waals surface area contributed by atoms with Crippen LogP contribution in [-0.4, -0.2) is 10.9 Å². The van der Waals surface area contributed by atoms with Crippen LogP contribution in [0.25, 0.3) is 0 Å². The first-order chi connectivity index (χ1) is 8.78. The van der Waals surface area contributed by atoms with Crippen molar-refractivity contribution in [3.63, 3.8) is 0 Å². The average molecular weight is 278 g/mol. The molecule has 0 atom stereocenters. The first kappa shape index (κ1) is 13.1. The predicted molar refractivity (Wildman–Crippen MR) is 77.0 cm³/mol. The van der Waals surface area contributed by atoms with Crippen LogP contribution < -0.4 is 5.32 Å². The molecule has 0 aliphatic carbocycles. The number of carbonyl (C=O) groups is 1. The maximum atomic E-state index is 11.2. The molecule has 1 aromatic heterocycles. The summed E-state index contributed by atoms with van der Waals surface area (Å²) in [7, 11) is 0. The van der Waals surface area contributed by atoms with Gasteiger partial charge in [0, 0.05) is 22.4 Å². The van der Waals surface area contributed by atoms with Gasteiger partial charge in [0.05, 0.1) is 5.69 Å². The van der Waals surface area contributed by atoms with E-state index in [1.165, 1.54) is 16.2 Å². The SMILES string of the molecule is CCC(=O)Nc1nc(CSc2ccccc2)cs1. The van der Waals surface area contributed by atoms with Crippen LogP contribution in [0.3, 0.4) is 0 Å². The molecule has 0 fully saturated rings. The lowest BCUT2D eigenvalue weighted by Crippen LogP contribution is -2.08. The maximum Gasteiger partial charge on any atom is 0.225 e. The average Bonchev–Trinajstić information content (AvgIpc) is 2.85. The number of amides is 1. The fourth-order valence-electron chi connectivity index (χ4n) is 1.31. The number of nitrogens with one attached hydrogen (secondary N) is 1. The van der Waals surface area contributed by atoms with Gasteiger partial charge in [-0.25, -0.2) is 4.98 Å². The number of aromatic nitrogens is 1. The molecule has 0 aliphatic heterocycles. The molecule has 0 saturated heterocycles. The van der Waals surface area contributed by atoms with Crippen molar-refractivity contribution in [2.45, 2.75) is 24.0 Å². The maximum absolute atomic E-state index is 11.2. The van der Waals surface area contributed by atoms with Gasteiger partial charge in [0.25, 0.3) is 0 Å². The van der Waals surface area contributed by atoms with Crippen LogP contribution in [0.2, 0.25) is 0 Å². The second kappa shape index (κ2) is 6.56. The summed E-state index contributed by atoms with van der Waals surface area (Å²) in [6.07, 6.45) is 0.480. The Morgan fingerprint density at radius 3 is 2.89 bits per heavy atom. The quantitative estimate of drug-likeness (QED) is 0.846. The minimum Gasteiger partial charge on any atom is -0.302 e. The minimum atomic E-state index is 0.00612. The fraction of sp³-hybridized carbons (Fsp3) is 0.231. The predicted octanol–water partition coefficient (Wildman–Crippen LogP) is 3.78. The van der Waals surface area contributed by atoms with Gasteiger partial charge in [-0.15, -0.1) is 23.1 Å². The smallest absolute Gasteiger partial charge is 0.225 e. The highest BCUT2D eigenvalue weighted by atomic mass is 32.2. The molecule has 1 N–H and O–H groups in total. The van der Waals surface area contributed by atoms with Crippen molar-refractivity contribution in [3.05, 3.63) is 41.4 Å². The number of hydrogen-bond donors (Lipinski definition) is 1. The highest BCUT2D eigenvalue weighted by Crippen LogP contribution is 2.24. The molecule has 2 rings (SSSR count). The molecule has 0 radical (unpaired) electrons. The van der Waals surface area contributed by atoms with Gasteiger partial charge in [-0.1, -0.05) is 25.1 Å². The van der Waals surface area contributed by atoms with Gasteiger partial charge in [0.15, 0.2) is 5.13 Å². The van der Waals surface area contributed by atoms with Crippen molar-refractivity contribution in [1.82, 2.24) is 4.98 Å². The van der Waals surface area contributed by atoms with Crippen molar-refractivity contribution in [1.29, 1.82) is 0 Å². The number of anilines is 1. The van der Waals surface area contributed by atoms with Gasteiger partial charge in [0.2, 0.25) is 5.91 Å². The Morgan fingerprint density at radius 2 is 2.17 bits per heavy atom. The summed E-state index contributed by atoms with van der Waals surface area (Å²) in [5.41, 5.74) is 1.00. The van der Waals surface area contributed by atoms with Crippen molar-refractivity contribution >= 4 is 34.1 Å². The number of thiazole rings is 1. The summed E-state index contributed by atoms with van der Waals surface area (Å²) in [6, 6.07) is 10.2. The molecule has 0 aliphatic rings. The van der Waals surface area contributed by atoms with Gasteiger partial charge >= 0.3 is 0 Å². The molecule has 3 nitrogen and oxygen atoms in total. The van der Waals surface area contributed by atoms with Crippen LogP contribution >= 0.6 is 23.1 Å². The van der Waals surface area contributed by atoms with E-state index in [0.29, 0.717) is 11.6 Å². The zero-order chi connectivity index (χ0) is 12.8. The summed E-state index contributed by atoms with van der Waals surface area (Å²) in [5, 5.41) is 5.44. The van der Waals surface area contributed by atoms with E-state index in [2.05, 4.69) is 22.4 Å². The second-order valence-electron chi connectivity index (χ2n) is 3.65. The summed E-state index contributed by atoms with van der Waals surface area (Å²) in [4.78, 5) is 16.8. The Morgan fingerprint density at radius 1 is 1.39 bits per heavy atom. The van der Waals surface area contributed by atoms with Crippen LogP contribution in [0.1, 0.15) is 19.0 Å². The molecule has 0 spiro atoms. The molecule has 18 heavy (non-hydrogen) atoms. The molecule has 94 valence electrons. The second-order valence-corrected chi connectivity index (χ2v) is 5.55. The monoisotopic (exact) mass is 278 g/mol. The molecule has 0 saturated carbocycles. The number of rotatable bonds is 5. The van der Waals surface area contributed by atoms with E-state index >= 15 is 0 Å². The Bertz CT molecular complexity index is 511. The van der Waals surface area contributed by atoms with E-state index in [9.17, 15) is 4.79 Å². The van der Waals surface area contributed by atoms with E-state index < -0.39 is 0 Å². The van der Waals surface area contributed by atoms with Gasteiger partial charge < -0.3 is 5.32 Å². The van der Waals surface area contributed by atoms with E-state index in [1.807, 2.05) is 30.5 Å². The Kier molecular flexibility index (Phi) is 4.78. The highest BCUT2D eigenvalue weighted by Gasteiger charge is 2.05. The first-order valence-corrected chi connectivity index (χ1v) is 7.56. The van der Waals surface area contributed by atoms with Crippen molar-refractivity contribution < 1.29 is 4.79 Å². The van der Waals surface area contributed by atoms with Crippen LogP contribution in [0.5, 0.6) is 0 Å². The Labute approximate surface area is 115 Å². The first-order valence-electron chi connectivity index (χ1n) is 5.70. The number of hydrogen-bond acceptors (Lipinski definition) is 4. The molecule has 5 heteroatoms. The van der Waals surface area contributed by atoms with Crippen molar-refractivity contribution in [2.24, 2.45) is 0 Å².